The summed E-state index contributed by atoms with van der Waals surface area (Å²) in [5.74, 6) is 0.808. The van der Waals surface area contributed by atoms with Gasteiger partial charge in [0.1, 0.15) is 5.82 Å². The molecule has 0 aliphatic carbocycles. The van der Waals surface area contributed by atoms with Crippen LogP contribution in [0.1, 0.15) is 54.9 Å². The van der Waals surface area contributed by atoms with Gasteiger partial charge >= 0.3 is 0 Å². The van der Waals surface area contributed by atoms with E-state index < -0.39 is 0 Å². The topological polar surface area (TPSA) is 27.6 Å². The second-order valence-corrected chi connectivity index (χ2v) is 3.04. The van der Waals surface area contributed by atoms with Crippen LogP contribution in [0.3, 0.4) is 0 Å². The highest BCUT2D eigenvalue weighted by Crippen LogP contribution is 1.96. The van der Waals surface area contributed by atoms with Crippen molar-refractivity contribution in [3.8, 4) is 0 Å². The van der Waals surface area contributed by atoms with Crippen LogP contribution in [0.15, 0.2) is 17.4 Å². The molecule has 0 amide bonds. The molecule has 0 spiro atoms. The fraction of sp³-hybridized carbons (Fsp3) is 0.800. The average molecular weight is 259 g/mol. The number of aliphatic imine (C=N–C) groups is 1. The molecule has 3 nitrogen and oxygen atoms in total. The smallest absolute Gasteiger partial charge is 0.120 e. The molecule has 1 N–H and O–H groups in total. The molecule has 0 aliphatic rings. The van der Waals surface area contributed by atoms with Gasteiger partial charge < -0.3 is 10.2 Å². The number of nitrogens with zero attached hydrogens (tertiary/aromatic N) is 2. The van der Waals surface area contributed by atoms with Crippen molar-refractivity contribution in [2.45, 2.75) is 54.9 Å². The van der Waals surface area contributed by atoms with Crippen LogP contribution in [0.5, 0.6) is 0 Å². The molecule has 0 saturated heterocycles. The Balaban J connectivity index is -0.000000118. The first-order chi connectivity index (χ1) is 8.63. The summed E-state index contributed by atoms with van der Waals surface area (Å²) in [5, 5.41) is 3.06. The summed E-state index contributed by atoms with van der Waals surface area (Å²) in [6.07, 6.45) is 3.00. The van der Waals surface area contributed by atoms with Gasteiger partial charge in [-0.15, -0.1) is 0 Å². The van der Waals surface area contributed by atoms with Crippen LogP contribution in [0.4, 0.5) is 0 Å². The van der Waals surface area contributed by atoms with Gasteiger partial charge in [-0.1, -0.05) is 54.5 Å². The maximum Gasteiger partial charge on any atom is 0.120 e. The summed E-state index contributed by atoms with van der Waals surface area (Å²) < 4.78 is 0. The molecule has 18 heavy (non-hydrogen) atoms. The third-order valence-electron chi connectivity index (χ3n) is 1.42. The number of hydrogen-bond acceptors (Lipinski definition) is 3. The van der Waals surface area contributed by atoms with E-state index in [0.717, 1.165) is 18.9 Å². The number of nitrogens with one attached hydrogen (secondary N) is 1. The third-order valence-corrected chi connectivity index (χ3v) is 1.42. The Morgan fingerprint density at radius 1 is 1.22 bits per heavy atom. The third kappa shape index (κ3) is 29.4. The van der Waals surface area contributed by atoms with Crippen LogP contribution >= 0.6 is 0 Å². The lowest BCUT2D eigenvalue weighted by atomic mass is 10.5. The van der Waals surface area contributed by atoms with Crippen molar-refractivity contribution in [1.29, 1.82) is 0 Å². The number of rotatable bonds is 5. The normalized spacial score (nSPS) is 8.06. The maximum atomic E-state index is 4.06. The molecular weight excluding hydrogens is 222 g/mol. The molecule has 112 valence electrons. The van der Waals surface area contributed by atoms with E-state index in [2.05, 4.69) is 30.7 Å². The van der Waals surface area contributed by atoms with E-state index in [4.69, 9.17) is 0 Å². The highest BCUT2D eigenvalue weighted by atomic mass is 15.2. The van der Waals surface area contributed by atoms with Crippen LogP contribution in [0.25, 0.3) is 0 Å². The van der Waals surface area contributed by atoms with Gasteiger partial charge in [0.2, 0.25) is 0 Å². The van der Waals surface area contributed by atoms with E-state index >= 15 is 0 Å². The number of hydrogen-bond donors (Lipinski definition) is 1. The minimum Gasteiger partial charge on any atom is -0.359 e. The van der Waals surface area contributed by atoms with E-state index in [-0.39, 0.29) is 0 Å². The molecule has 0 atom stereocenters. The molecule has 0 fully saturated rings. The van der Waals surface area contributed by atoms with Crippen LogP contribution in [0, 0.1) is 0 Å². The van der Waals surface area contributed by atoms with Gasteiger partial charge in [0.15, 0.2) is 0 Å². The second kappa shape index (κ2) is 29.8. The van der Waals surface area contributed by atoms with E-state index in [1.54, 1.807) is 6.21 Å². The highest BCUT2D eigenvalue weighted by molar-refractivity contribution is 5.54. The lowest BCUT2D eigenvalue weighted by Crippen LogP contribution is -2.25. The zero-order valence-corrected chi connectivity index (χ0v) is 14.3. The molecule has 0 aromatic rings. The van der Waals surface area contributed by atoms with E-state index in [1.165, 1.54) is 6.42 Å². The Hall–Kier alpha value is -0.830. The first-order valence-corrected chi connectivity index (χ1v) is 7.17. The summed E-state index contributed by atoms with van der Waals surface area (Å²) in [4.78, 5) is 6.07. The standard InChI is InChI=1S/C8H17N3.C3H8.2C2H6/c1-5-10-8(2)11(4)7-6-9-3;1-3-2;2*1-2/h5,9H,2,6-7H2,1,3-4H3;3H2,1-2H3;2*1-2H3/b10-5-;;;. The van der Waals surface area contributed by atoms with Gasteiger partial charge in [-0.25, -0.2) is 4.99 Å². The first kappa shape index (κ1) is 25.9. The van der Waals surface area contributed by atoms with Crippen molar-refractivity contribution in [3.63, 3.8) is 0 Å². The second-order valence-electron chi connectivity index (χ2n) is 3.04. The maximum absolute atomic E-state index is 4.06. The SMILES string of the molecule is C=C(/N=C\C)N(C)CCNC.CC.CC.CCC. The summed E-state index contributed by atoms with van der Waals surface area (Å²) in [6.45, 7) is 19.8. The van der Waals surface area contributed by atoms with E-state index in [0.29, 0.717) is 0 Å². The lowest BCUT2D eigenvalue weighted by molar-refractivity contribution is 0.414. The van der Waals surface area contributed by atoms with Crippen molar-refractivity contribution >= 4 is 6.21 Å². The van der Waals surface area contributed by atoms with Crippen molar-refractivity contribution in [2.24, 2.45) is 4.99 Å². The van der Waals surface area contributed by atoms with Crippen LogP contribution in [-0.2, 0) is 0 Å². The van der Waals surface area contributed by atoms with Gasteiger partial charge in [0.05, 0.1) is 0 Å². The minimum absolute atomic E-state index is 0.808. The quantitative estimate of drug-likeness (QED) is 0.750. The molecule has 0 rings (SSSR count). The van der Waals surface area contributed by atoms with Gasteiger partial charge in [-0.2, -0.15) is 0 Å². The van der Waals surface area contributed by atoms with Gasteiger partial charge in [-0.3, -0.25) is 0 Å². The highest BCUT2D eigenvalue weighted by Gasteiger charge is 1.96. The van der Waals surface area contributed by atoms with Crippen LogP contribution < -0.4 is 5.32 Å². The van der Waals surface area contributed by atoms with Gasteiger partial charge in [-0.05, 0) is 14.0 Å². The van der Waals surface area contributed by atoms with Crippen molar-refractivity contribution < 1.29 is 0 Å². The zero-order valence-electron chi connectivity index (χ0n) is 14.3. The molecule has 0 bridgehead atoms. The number of likely N-dealkylation sites (N-methyl/N-ethyl adjacent to an activating group) is 2. The Morgan fingerprint density at radius 2 is 1.61 bits per heavy atom. The predicted molar refractivity (Wildman–Crippen MR) is 88.5 cm³/mol. The molecular formula is C15H37N3. The molecule has 0 radical (unpaired) electrons. The summed E-state index contributed by atoms with van der Waals surface area (Å²) >= 11 is 0. The molecule has 0 aromatic carbocycles. The van der Waals surface area contributed by atoms with Crippen LogP contribution in [0.2, 0.25) is 0 Å². The van der Waals surface area contributed by atoms with E-state index in [1.807, 2.05) is 53.6 Å². The predicted octanol–water partition coefficient (Wildman–Crippen LogP) is 4.17. The lowest BCUT2D eigenvalue weighted by Gasteiger charge is -2.17. The van der Waals surface area contributed by atoms with Gasteiger partial charge in [0.25, 0.3) is 0 Å². The fourth-order valence-corrected chi connectivity index (χ4v) is 0.656. The monoisotopic (exact) mass is 259 g/mol. The largest absolute Gasteiger partial charge is 0.359 e. The Labute approximate surface area is 116 Å². The summed E-state index contributed by atoms with van der Waals surface area (Å²) in [5.41, 5.74) is 0. The average Bonchev–Trinajstić information content (AvgIpc) is 2.41. The van der Waals surface area contributed by atoms with Crippen LogP contribution in [-0.4, -0.2) is 38.3 Å². The van der Waals surface area contributed by atoms with Crippen molar-refractivity contribution in [1.82, 2.24) is 10.2 Å². The summed E-state index contributed by atoms with van der Waals surface area (Å²) in [7, 11) is 3.91. The molecule has 0 saturated carbocycles. The Kier molecular flexibility index (Phi) is 42.9. The first-order valence-electron chi connectivity index (χ1n) is 7.17. The zero-order chi connectivity index (χ0) is 15.4. The Morgan fingerprint density at radius 3 is 1.89 bits per heavy atom. The molecule has 3 heteroatoms. The van der Waals surface area contributed by atoms with Crippen molar-refractivity contribution in [2.75, 3.05) is 27.2 Å². The minimum atomic E-state index is 0.808. The molecule has 0 aromatic heterocycles. The molecule has 0 aliphatic heterocycles. The van der Waals surface area contributed by atoms with E-state index in [9.17, 15) is 0 Å². The van der Waals surface area contributed by atoms with Gasteiger partial charge in [0, 0.05) is 26.4 Å². The molecule has 0 unspecified atom stereocenters. The fourth-order valence-electron chi connectivity index (χ4n) is 0.656. The summed E-state index contributed by atoms with van der Waals surface area (Å²) in [6, 6.07) is 0. The molecule has 0 heterocycles. The Bertz CT molecular complexity index is 154. The van der Waals surface area contributed by atoms with Crippen molar-refractivity contribution in [3.05, 3.63) is 12.4 Å².